The normalized spacial score (nSPS) is 24.4. The van der Waals surface area contributed by atoms with E-state index in [4.69, 9.17) is 4.74 Å². The first-order valence-electron chi connectivity index (χ1n) is 7.00. The fraction of sp³-hybridized carbons (Fsp3) is 0.600. The highest BCUT2D eigenvalue weighted by Gasteiger charge is 2.19. The molecule has 0 aliphatic carbocycles. The average molecular weight is 266 g/mol. The molecule has 2 rings (SSSR count). The third-order valence-electron chi connectivity index (χ3n) is 3.33. The number of piperazine rings is 1. The third kappa shape index (κ3) is 4.80. The standard InChI is InChI=1S/C15H23FN2O/c1-12-10-18(11-13(2)17-12)8-3-9-19-15-6-4-14(16)5-7-15/h4-7,12-13,17H,3,8-11H2,1-2H3. The first-order valence-corrected chi connectivity index (χ1v) is 7.00. The van der Waals surface area contributed by atoms with E-state index in [9.17, 15) is 4.39 Å². The van der Waals surface area contributed by atoms with Crippen molar-refractivity contribution in [3.05, 3.63) is 30.1 Å². The molecule has 1 aromatic rings. The molecule has 2 atom stereocenters. The van der Waals surface area contributed by atoms with E-state index in [2.05, 4.69) is 24.1 Å². The molecule has 1 aliphatic heterocycles. The highest BCUT2D eigenvalue weighted by molar-refractivity contribution is 5.21. The molecule has 0 amide bonds. The summed E-state index contributed by atoms with van der Waals surface area (Å²) in [6, 6.07) is 7.31. The van der Waals surface area contributed by atoms with Gasteiger partial charge in [-0.25, -0.2) is 4.39 Å². The highest BCUT2D eigenvalue weighted by Crippen LogP contribution is 2.11. The summed E-state index contributed by atoms with van der Waals surface area (Å²) in [5.74, 6) is 0.514. The van der Waals surface area contributed by atoms with Gasteiger partial charge in [0.05, 0.1) is 6.61 Å². The maximum Gasteiger partial charge on any atom is 0.123 e. The molecular weight excluding hydrogens is 243 g/mol. The van der Waals surface area contributed by atoms with E-state index in [0.717, 1.165) is 31.8 Å². The zero-order valence-corrected chi connectivity index (χ0v) is 11.7. The molecular formula is C15H23FN2O. The first kappa shape index (κ1) is 14.3. The van der Waals surface area contributed by atoms with E-state index in [1.807, 2.05) is 0 Å². The number of nitrogens with zero attached hydrogens (tertiary/aromatic N) is 1. The van der Waals surface area contributed by atoms with Gasteiger partial charge in [-0.3, -0.25) is 0 Å². The Labute approximate surface area is 114 Å². The Bertz CT molecular complexity index is 372. The van der Waals surface area contributed by atoms with Crippen LogP contribution in [0.4, 0.5) is 4.39 Å². The summed E-state index contributed by atoms with van der Waals surface area (Å²) < 4.78 is 18.3. The van der Waals surface area contributed by atoms with Crippen LogP contribution in [0.25, 0.3) is 0 Å². The van der Waals surface area contributed by atoms with Crippen LogP contribution in [-0.2, 0) is 0 Å². The van der Waals surface area contributed by atoms with E-state index in [1.54, 1.807) is 12.1 Å². The quantitative estimate of drug-likeness (QED) is 0.828. The lowest BCUT2D eigenvalue weighted by Gasteiger charge is -2.36. The van der Waals surface area contributed by atoms with Gasteiger partial charge in [0.1, 0.15) is 11.6 Å². The number of ether oxygens (including phenoxy) is 1. The maximum absolute atomic E-state index is 12.7. The van der Waals surface area contributed by atoms with Crippen molar-refractivity contribution in [2.75, 3.05) is 26.2 Å². The molecule has 1 aromatic carbocycles. The van der Waals surface area contributed by atoms with Crippen molar-refractivity contribution in [2.45, 2.75) is 32.4 Å². The van der Waals surface area contributed by atoms with Crippen molar-refractivity contribution in [2.24, 2.45) is 0 Å². The number of hydrogen-bond donors (Lipinski definition) is 1. The summed E-state index contributed by atoms with van der Waals surface area (Å²) in [7, 11) is 0. The molecule has 0 bridgehead atoms. The zero-order chi connectivity index (χ0) is 13.7. The Morgan fingerprint density at radius 3 is 2.47 bits per heavy atom. The zero-order valence-electron chi connectivity index (χ0n) is 11.7. The van der Waals surface area contributed by atoms with E-state index >= 15 is 0 Å². The second kappa shape index (κ2) is 6.87. The SMILES string of the molecule is CC1CN(CCCOc2ccc(F)cc2)CC(C)N1. The van der Waals surface area contributed by atoms with Gasteiger partial charge < -0.3 is 15.0 Å². The molecule has 3 nitrogen and oxygen atoms in total. The number of rotatable bonds is 5. The largest absolute Gasteiger partial charge is 0.494 e. The van der Waals surface area contributed by atoms with Crippen LogP contribution in [0.5, 0.6) is 5.75 Å². The van der Waals surface area contributed by atoms with Crippen LogP contribution in [0.15, 0.2) is 24.3 Å². The van der Waals surface area contributed by atoms with Crippen molar-refractivity contribution >= 4 is 0 Å². The first-order chi connectivity index (χ1) is 9.13. The minimum atomic E-state index is -0.226. The molecule has 0 saturated carbocycles. The lowest BCUT2D eigenvalue weighted by atomic mass is 10.1. The number of halogens is 1. The van der Waals surface area contributed by atoms with Crippen LogP contribution in [0.2, 0.25) is 0 Å². The van der Waals surface area contributed by atoms with Gasteiger partial charge in [-0.15, -0.1) is 0 Å². The van der Waals surface area contributed by atoms with Crippen molar-refractivity contribution in [3.63, 3.8) is 0 Å². The number of hydrogen-bond acceptors (Lipinski definition) is 3. The Morgan fingerprint density at radius 2 is 1.84 bits per heavy atom. The summed E-state index contributed by atoms with van der Waals surface area (Å²) in [5, 5.41) is 3.52. The van der Waals surface area contributed by atoms with Crippen LogP contribution in [0.1, 0.15) is 20.3 Å². The molecule has 0 radical (unpaired) electrons. The second-order valence-corrected chi connectivity index (χ2v) is 5.38. The lowest BCUT2D eigenvalue weighted by Crippen LogP contribution is -2.54. The summed E-state index contributed by atoms with van der Waals surface area (Å²) in [6.45, 7) is 8.37. The maximum atomic E-state index is 12.7. The molecule has 0 spiro atoms. The average Bonchev–Trinajstić information content (AvgIpc) is 2.36. The van der Waals surface area contributed by atoms with Gasteiger partial charge in [-0.05, 0) is 44.5 Å². The van der Waals surface area contributed by atoms with Crippen LogP contribution in [0, 0.1) is 5.82 Å². The molecule has 1 aliphatic rings. The van der Waals surface area contributed by atoms with Gasteiger partial charge in [-0.1, -0.05) is 0 Å². The Morgan fingerprint density at radius 1 is 1.21 bits per heavy atom. The molecule has 106 valence electrons. The fourth-order valence-electron chi connectivity index (χ4n) is 2.63. The molecule has 4 heteroatoms. The van der Waals surface area contributed by atoms with Gasteiger partial charge >= 0.3 is 0 Å². The molecule has 0 aromatic heterocycles. The molecule has 1 fully saturated rings. The fourth-order valence-corrected chi connectivity index (χ4v) is 2.63. The van der Waals surface area contributed by atoms with E-state index in [1.165, 1.54) is 12.1 Å². The van der Waals surface area contributed by atoms with Gasteiger partial charge in [0, 0.05) is 31.7 Å². The smallest absolute Gasteiger partial charge is 0.123 e. The van der Waals surface area contributed by atoms with Gasteiger partial charge in [0.15, 0.2) is 0 Å². The predicted octanol–water partition coefficient (Wildman–Crippen LogP) is 2.28. The Hall–Kier alpha value is -1.13. The molecule has 1 saturated heterocycles. The summed E-state index contributed by atoms with van der Waals surface area (Å²) in [4.78, 5) is 2.47. The van der Waals surface area contributed by atoms with Crippen LogP contribution in [-0.4, -0.2) is 43.2 Å². The van der Waals surface area contributed by atoms with Crippen LogP contribution >= 0.6 is 0 Å². The van der Waals surface area contributed by atoms with Crippen LogP contribution < -0.4 is 10.1 Å². The topological polar surface area (TPSA) is 24.5 Å². The number of benzene rings is 1. The van der Waals surface area contributed by atoms with Gasteiger partial charge in [0.25, 0.3) is 0 Å². The molecule has 19 heavy (non-hydrogen) atoms. The monoisotopic (exact) mass is 266 g/mol. The van der Waals surface area contributed by atoms with E-state index < -0.39 is 0 Å². The minimum absolute atomic E-state index is 0.226. The minimum Gasteiger partial charge on any atom is -0.494 e. The highest BCUT2D eigenvalue weighted by atomic mass is 19.1. The summed E-state index contributed by atoms with van der Waals surface area (Å²) in [6.07, 6.45) is 0.997. The van der Waals surface area contributed by atoms with Crippen molar-refractivity contribution < 1.29 is 9.13 Å². The van der Waals surface area contributed by atoms with Crippen LogP contribution in [0.3, 0.4) is 0 Å². The third-order valence-corrected chi connectivity index (χ3v) is 3.33. The summed E-state index contributed by atoms with van der Waals surface area (Å²) >= 11 is 0. The molecule has 1 N–H and O–H groups in total. The van der Waals surface area contributed by atoms with Crippen molar-refractivity contribution in [1.29, 1.82) is 0 Å². The molecule has 2 unspecified atom stereocenters. The number of nitrogens with one attached hydrogen (secondary N) is 1. The van der Waals surface area contributed by atoms with Crippen molar-refractivity contribution in [3.8, 4) is 5.75 Å². The Balaban J connectivity index is 1.65. The Kier molecular flexibility index (Phi) is 5.16. The lowest BCUT2D eigenvalue weighted by molar-refractivity contribution is 0.161. The van der Waals surface area contributed by atoms with Gasteiger partial charge in [0.2, 0.25) is 0 Å². The predicted molar refractivity (Wildman–Crippen MR) is 75.0 cm³/mol. The second-order valence-electron chi connectivity index (χ2n) is 5.38. The summed E-state index contributed by atoms with van der Waals surface area (Å²) in [5.41, 5.74) is 0. The van der Waals surface area contributed by atoms with E-state index in [0.29, 0.717) is 18.7 Å². The van der Waals surface area contributed by atoms with Crippen molar-refractivity contribution in [1.82, 2.24) is 10.2 Å². The van der Waals surface area contributed by atoms with E-state index in [-0.39, 0.29) is 5.82 Å². The molecule has 1 heterocycles. The van der Waals surface area contributed by atoms with Gasteiger partial charge in [-0.2, -0.15) is 0 Å².